The Balaban J connectivity index is 1.98. The lowest BCUT2D eigenvalue weighted by atomic mass is 9.91. The third-order valence-electron chi connectivity index (χ3n) is 3.00. The molecule has 1 amide bonds. The highest BCUT2D eigenvalue weighted by atomic mass is 35.5. The van der Waals surface area contributed by atoms with Crippen molar-refractivity contribution in [3.05, 3.63) is 29.3 Å². The third-order valence-corrected chi connectivity index (χ3v) is 3.23. The van der Waals surface area contributed by atoms with Crippen molar-refractivity contribution in [2.24, 2.45) is 0 Å². The molecule has 0 aromatic heterocycles. The van der Waals surface area contributed by atoms with E-state index in [0.717, 1.165) is 5.69 Å². The van der Waals surface area contributed by atoms with Crippen molar-refractivity contribution in [1.82, 2.24) is 4.90 Å². The lowest BCUT2D eigenvalue weighted by Crippen LogP contribution is -2.67. The summed E-state index contributed by atoms with van der Waals surface area (Å²) in [4.78, 5) is 13.4. The number of carbonyl (C=O) groups is 1. The fourth-order valence-corrected chi connectivity index (χ4v) is 2.27. The molecular formula is C15H18ClN3O2. The Morgan fingerprint density at radius 3 is 2.67 bits per heavy atom. The highest BCUT2D eigenvalue weighted by Crippen LogP contribution is 2.28. The van der Waals surface area contributed by atoms with Gasteiger partial charge in [-0.15, -0.1) is 0 Å². The molecule has 6 heteroatoms. The van der Waals surface area contributed by atoms with Gasteiger partial charge >= 0.3 is 6.09 Å². The summed E-state index contributed by atoms with van der Waals surface area (Å²) in [6.45, 7) is 6.00. The number of hydrogen-bond acceptors (Lipinski definition) is 4. The number of nitrogens with one attached hydrogen (secondary N) is 1. The Bertz CT molecular complexity index is 583. The SMILES string of the molecule is CC(C)(C)OC(=O)N1CC(C#N)(Nc2cccc(Cl)c2)C1. The number of nitrogens with zero attached hydrogens (tertiary/aromatic N) is 2. The van der Waals surface area contributed by atoms with Gasteiger partial charge in [0.25, 0.3) is 0 Å². The zero-order valence-corrected chi connectivity index (χ0v) is 13.1. The highest BCUT2D eigenvalue weighted by Gasteiger charge is 2.47. The normalized spacial score (nSPS) is 16.6. The van der Waals surface area contributed by atoms with Gasteiger partial charge < -0.3 is 15.0 Å². The second-order valence-electron chi connectivity index (χ2n) is 6.17. The minimum atomic E-state index is -0.790. The van der Waals surface area contributed by atoms with Gasteiger partial charge in [0.1, 0.15) is 5.60 Å². The zero-order chi connectivity index (χ0) is 15.7. The molecule has 112 valence electrons. The van der Waals surface area contributed by atoms with E-state index in [-0.39, 0.29) is 13.1 Å². The molecule has 0 saturated carbocycles. The molecule has 21 heavy (non-hydrogen) atoms. The molecule has 1 N–H and O–H groups in total. The van der Waals surface area contributed by atoms with Gasteiger partial charge in [0.2, 0.25) is 0 Å². The number of benzene rings is 1. The van der Waals surface area contributed by atoms with E-state index in [1.807, 2.05) is 26.8 Å². The van der Waals surface area contributed by atoms with Crippen LogP contribution in [0.15, 0.2) is 24.3 Å². The molecule has 1 aliphatic heterocycles. The van der Waals surface area contributed by atoms with E-state index < -0.39 is 17.2 Å². The molecule has 0 aliphatic carbocycles. The van der Waals surface area contributed by atoms with E-state index in [1.54, 1.807) is 18.2 Å². The maximum Gasteiger partial charge on any atom is 0.410 e. The number of hydrogen-bond donors (Lipinski definition) is 1. The van der Waals surface area contributed by atoms with Gasteiger partial charge in [-0.05, 0) is 39.0 Å². The van der Waals surface area contributed by atoms with E-state index in [1.165, 1.54) is 4.90 Å². The number of anilines is 1. The first-order chi connectivity index (χ1) is 9.73. The summed E-state index contributed by atoms with van der Waals surface area (Å²) < 4.78 is 5.28. The average molecular weight is 308 g/mol. The summed E-state index contributed by atoms with van der Waals surface area (Å²) in [5, 5.41) is 13.1. The molecule has 0 atom stereocenters. The molecule has 1 aliphatic rings. The van der Waals surface area contributed by atoms with Crippen LogP contribution < -0.4 is 5.32 Å². The van der Waals surface area contributed by atoms with E-state index >= 15 is 0 Å². The summed E-state index contributed by atoms with van der Waals surface area (Å²) in [5.74, 6) is 0. The molecule has 0 spiro atoms. The van der Waals surface area contributed by atoms with E-state index in [4.69, 9.17) is 16.3 Å². The molecule has 0 radical (unpaired) electrons. The van der Waals surface area contributed by atoms with Crippen molar-refractivity contribution >= 4 is 23.4 Å². The van der Waals surface area contributed by atoms with Crippen molar-refractivity contribution in [3.8, 4) is 6.07 Å². The molecule has 0 bridgehead atoms. The largest absolute Gasteiger partial charge is 0.444 e. The van der Waals surface area contributed by atoms with E-state index in [2.05, 4.69) is 11.4 Å². The predicted molar refractivity (Wildman–Crippen MR) is 81.2 cm³/mol. The van der Waals surface area contributed by atoms with Crippen LogP contribution in [0.4, 0.5) is 10.5 Å². The van der Waals surface area contributed by atoms with Crippen LogP contribution in [0, 0.1) is 11.3 Å². The Morgan fingerprint density at radius 2 is 2.14 bits per heavy atom. The van der Waals surface area contributed by atoms with Crippen LogP contribution >= 0.6 is 11.6 Å². The molecule has 1 heterocycles. The number of rotatable bonds is 2. The topological polar surface area (TPSA) is 65.4 Å². The van der Waals surface area contributed by atoms with Gasteiger partial charge in [-0.25, -0.2) is 4.79 Å². The van der Waals surface area contributed by atoms with E-state index in [9.17, 15) is 10.1 Å². The summed E-state index contributed by atoms with van der Waals surface area (Å²) in [5.41, 5.74) is -0.572. The van der Waals surface area contributed by atoms with Crippen LogP contribution in [-0.4, -0.2) is 35.2 Å². The van der Waals surface area contributed by atoms with Crippen molar-refractivity contribution in [2.45, 2.75) is 31.9 Å². The van der Waals surface area contributed by atoms with Crippen molar-refractivity contribution in [3.63, 3.8) is 0 Å². The fraction of sp³-hybridized carbons (Fsp3) is 0.467. The standard InChI is InChI=1S/C15H18ClN3O2/c1-14(2,3)21-13(20)19-9-15(8-17,10-19)18-12-6-4-5-11(16)7-12/h4-7,18H,9-10H2,1-3H3. The maximum atomic E-state index is 11.9. The van der Waals surface area contributed by atoms with E-state index in [0.29, 0.717) is 5.02 Å². The number of halogens is 1. The van der Waals surface area contributed by atoms with Crippen molar-refractivity contribution < 1.29 is 9.53 Å². The monoisotopic (exact) mass is 307 g/mol. The van der Waals surface area contributed by atoms with Gasteiger partial charge in [0, 0.05) is 10.7 Å². The zero-order valence-electron chi connectivity index (χ0n) is 12.3. The first kappa shape index (κ1) is 15.5. The fourth-order valence-electron chi connectivity index (χ4n) is 2.08. The van der Waals surface area contributed by atoms with Gasteiger partial charge in [-0.1, -0.05) is 17.7 Å². The quantitative estimate of drug-likeness (QED) is 0.910. The maximum absolute atomic E-state index is 11.9. The molecule has 5 nitrogen and oxygen atoms in total. The third kappa shape index (κ3) is 3.79. The Hall–Kier alpha value is -1.93. The Kier molecular flexibility index (Phi) is 4.02. The molecule has 0 unspecified atom stereocenters. The lowest BCUT2D eigenvalue weighted by Gasteiger charge is -2.46. The molecule has 1 saturated heterocycles. The van der Waals surface area contributed by atoms with Gasteiger partial charge in [0.05, 0.1) is 19.2 Å². The summed E-state index contributed by atoms with van der Waals surface area (Å²) >= 11 is 5.92. The van der Waals surface area contributed by atoms with Gasteiger partial charge in [-0.3, -0.25) is 0 Å². The number of carbonyl (C=O) groups excluding carboxylic acids is 1. The summed E-state index contributed by atoms with van der Waals surface area (Å²) in [6, 6.07) is 9.38. The van der Waals surface area contributed by atoms with Crippen LogP contribution in [0.3, 0.4) is 0 Å². The van der Waals surface area contributed by atoms with Crippen molar-refractivity contribution in [2.75, 3.05) is 18.4 Å². The number of amides is 1. The first-order valence-corrected chi connectivity index (χ1v) is 7.04. The average Bonchev–Trinajstić information content (AvgIpc) is 2.31. The summed E-state index contributed by atoms with van der Waals surface area (Å²) in [6.07, 6.45) is -0.402. The summed E-state index contributed by atoms with van der Waals surface area (Å²) in [7, 11) is 0. The Morgan fingerprint density at radius 1 is 1.48 bits per heavy atom. The molecular weight excluding hydrogens is 290 g/mol. The molecule has 1 aromatic rings. The van der Waals surface area contributed by atoms with Crippen LogP contribution in [0.5, 0.6) is 0 Å². The lowest BCUT2D eigenvalue weighted by molar-refractivity contribution is 0.00356. The molecule has 2 rings (SSSR count). The number of ether oxygens (including phenoxy) is 1. The predicted octanol–water partition coefficient (Wildman–Crippen LogP) is 3.26. The number of likely N-dealkylation sites (tertiary alicyclic amines) is 1. The molecule has 1 aromatic carbocycles. The van der Waals surface area contributed by atoms with Crippen LogP contribution in [0.1, 0.15) is 20.8 Å². The smallest absolute Gasteiger partial charge is 0.410 e. The van der Waals surface area contributed by atoms with Crippen LogP contribution in [-0.2, 0) is 4.74 Å². The van der Waals surface area contributed by atoms with Crippen molar-refractivity contribution in [1.29, 1.82) is 5.26 Å². The van der Waals surface area contributed by atoms with Gasteiger partial charge in [-0.2, -0.15) is 5.26 Å². The second kappa shape index (κ2) is 5.45. The van der Waals surface area contributed by atoms with Gasteiger partial charge in [0.15, 0.2) is 5.54 Å². The first-order valence-electron chi connectivity index (χ1n) is 6.66. The Labute approximate surface area is 129 Å². The second-order valence-corrected chi connectivity index (χ2v) is 6.60. The number of nitriles is 1. The molecule has 1 fully saturated rings. The minimum absolute atomic E-state index is 0.283. The highest BCUT2D eigenvalue weighted by molar-refractivity contribution is 6.30. The van der Waals surface area contributed by atoms with Crippen LogP contribution in [0.2, 0.25) is 5.02 Å². The van der Waals surface area contributed by atoms with Crippen LogP contribution in [0.25, 0.3) is 0 Å². The minimum Gasteiger partial charge on any atom is -0.444 e.